The number of ether oxygens (including phenoxy) is 1. The van der Waals surface area contributed by atoms with Gasteiger partial charge in [-0.2, -0.15) is 0 Å². The zero-order chi connectivity index (χ0) is 32.7. The van der Waals surface area contributed by atoms with E-state index in [1.807, 2.05) is 41.5 Å². The number of aliphatic hydroxyl groups excluding tert-OH is 1. The molecule has 5 amide bonds. The smallest absolute Gasteiger partial charge is 0.330 e. The summed E-state index contributed by atoms with van der Waals surface area (Å²) in [5.74, 6) is -3.37. The zero-order valence-corrected chi connectivity index (χ0v) is 26.5. The van der Waals surface area contributed by atoms with Crippen LogP contribution in [0.25, 0.3) is 0 Å². The molecule has 0 saturated carbocycles. The summed E-state index contributed by atoms with van der Waals surface area (Å²) in [4.78, 5) is 77.4. The van der Waals surface area contributed by atoms with Gasteiger partial charge in [0.2, 0.25) is 29.5 Å². The number of esters is 1. The van der Waals surface area contributed by atoms with Gasteiger partial charge in [-0.05, 0) is 50.4 Å². The van der Waals surface area contributed by atoms with Crippen LogP contribution in [0.4, 0.5) is 0 Å². The third-order valence-corrected chi connectivity index (χ3v) is 6.61. The Morgan fingerprint density at radius 2 is 1.26 bits per heavy atom. The number of hydrogen-bond acceptors (Lipinski definition) is 8. The van der Waals surface area contributed by atoms with Gasteiger partial charge in [0.25, 0.3) is 0 Å². The summed E-state index contributed by atoms with van der Waals surface area (Å²) in [6.07, 6.45) is 3.61. The normalized spacial score (nSPS) is 22.8. The van der Waals surface area contributed by atoms with Crippen LogP contribution in [0.3, 0.4) is 0 Å². The SMILES string of the molecule is CCOC(=O)/C=C/[C@H](CC(C)C)NC(=O)CC[C@H]1NC(=O)[C@@H](CC(C)C)NC(=O)[C@@H](CC(C)C)NC(=O)[C@@H](CO)NC1=O. The molecule has 244 valence electrons. The maximum atomic E-state index is 13.4. The number of aliphatic hydroxyl groups is 1. The highest BCUT2D eigenvalue weighted by Gasteiger charge is 2.34. The molecule has 0 aliphatic carbocycles. The molecule has 5 atom stereocenters. The van der Waals surface area contributed by atoms with Crippen LogP contribution in [0.5, 0.6) is 0 Å². The zero-order valence-electron chi connectivity index (χ0n) is 26.5. The van der Waals surface area contributed by atoms with Crippen molar-refractivity contribution >= 4 is 35.5 Å². The highest BCUT2D eigenvalue weighted by atomic mass is 16.5. The van der Waals surface area contributed by atoms with Crippen LogP contribution in [-0.2, 0) is 33.5 Å². The van der Waals surface area contributed by atoms with Crippen molar-refractivity contribution in [2.24, 2.45) is 17.8 Å². The van der Waals surface area contributed by atoms with E-state index in [0.717, 1.165) is 0 Å². The predicted molar refractivity (Wildman–Crippen MR) is 160 cm³/mol. The first kappa shape index (κ1) is 37.5. The molecule has 1 aliphatic rings. The number of nitrogens with one attached hydrogen (secondary N) is 5. The van der Waals surface area contributed by atoms with E-state index in [4.69, 9.17) is 4.74 Å². The van der Waals surface area contributed by atoms with Gasteiger partial charge in [-0.25, -0.2) is 4.79 Å². The largest absolute Gasteiger partial charge is 0.463 e. The van der Waals surface area contributed by atoms with Gasteiger partial charge in [0.15, 0.2) is 0 Å². The Kier molecular flexibility index (Phi) is 16.5. The topological polar surface area (TPSA) is 192 Å². The first-order valence-corrected chi connectivity index (χ1v) is 15.1. The summed E-state index contributed by atoms with van der Waals surface area (Å²) >= 11 is 0. The third-order valence-electron chi connectivity index (χ3n) is 6.61. The summed E-state index contributed by atoms with van der Waals surface area (Å²) in [5.41, 5.74) is 0. The molecule has 13 nitrogen and oxygen atoms in total. The number of carbonyl (C=O) groups is 6. The van der Waals surface area contributed by atoms with Crippen molar-refractivity contribution < 1.29 is 38.6 Å². The molecule has 0 bridgehead atoms. The quantitative estimate of drug-likeness (QED) is 0.121. The van der Waals surface area contributed by atoms with E-state index in [1.54, 1.807) is 13.0 Å². The summed E-state index contributed by atoms with van der Waals surface area (Å²) in [6, 6.07) is -5.05. The predicted octanol–water partition coefficient (Wildman–Crippen LogP) is 0.454. The van der Waals surface area contributed by atoms with Crippen molar-refractivity contribution in [2.45, 2.75) is 111 Å². The van der Waals surface area contributed by atoms with Gasteiger partial charge in [0, 0.05) is 18.5 Å². The molecule has 0 radical (unpaired) electrons. The van der Waals surface area contributed by atoms with Crippen LogP contribution < -0.4 is 26.6 Å². The fourth-order valence-corrected chi connectivity index (χ4v) is 4.59. The van der Waals surface area contributed by atoms with E-state index in [9.17, 15) is 33.9 Å². The summed E-state index contributed by atoms with van der Waals surface area (Å²) in [6.45, 7) is 12.6. The number of rotatable bonds is 14. The molecule has 1 aliphatic heterocycles. The Balaban J connectivity index is 3.19. The van der Waals surface area contributed by atoms with Gasteiger partial charge in [-0.1, -0.05) is 47.6 Å². The molecule has 1 rings (SSSR count). The van der Waals surface area contributed by atoms with Gasteiger partial charge in [-0.15, -0.1) is 0 Å². The van der Waals surface area contributed by atoms with Crippen molar-refractivity contribution in [2.75, 3.05) is 13.2 Å². The minimum Gasteiger partial charge on any atom is -0.463 e. The standard InChI is InChI=1S/C30H51N5O8/c1-8-43-26(38)12-9-20(13-17(2)3)31-25(37)11-10-21-27(39)35-24(16-36)30(42)34-23(15-19(6)7)29(41)33-22(14-18(4)5)28(40)32-21/h9,12,17-24,36H,8,10-11,13-16H2,1-7H3,(H,31,37)(H,32,40)(H,33,41)(H,34,42)(H,35,39)/b12-9+/t20-,21-,22-,23-,24-/m1/s1. The molecule has 0 aromatic carbocycles. The average Bonchev–Trinajstić information content (AvgIpc) is 2.90. The lowest BCUT2D eigenvalue weighted by atomic mass is 9.99. The Bertz CT molecular complexity index is 997. The Morgan fingerprint density at radius 1 is 0.791 bits per heavy atom. The van der Waals surface area contributed by atoms with Crippen LogP contribution in [0, 0.1) is 17.8 Å². The molecule has 1 fully saturated rings. The maximum absolute atomic E-state index is 13.4. The molecule has 0 aromatic heterocycles. The first-order chi connectivity index (χ1) is 20.2. The van der Waals surface area contributed by atoms with Gasteiger partial charge in [0.05, 0.1) is 13.2 Å². The fraction of sp³-hybridized carbons (Fsp3) is 0.733. The van der Waals surface area contributed by atoms with E-state index in [1.165, 1.54) is 6.08 Å². The van der Waals surface area contributed by atoms with Crippen molar-refractivity contribution in [3.8, 4) is 0 Å². The third kappa shape index (κ3) is 14.5. The summed E-state index contributed by atoms with van der Waals surface area (Å²) in [5, 5.41) is 23.1. The van der Waals surface area contributed by atoms with Gasteiger partial charge < -0.3 is 36.4 Å². The highest BCUT2D eigenvalue weighted by Crippen LogP contribution is 2.12. The molecule has 1 saturated heterocycles. The van der Waals surface area contributed by atoms with Gasteiger partial charge in [-0.3, -0.25) is 24.0 Å². The van der Waals surface area contributed by atoms with Crippen molar-refractivity contribution in [1.29, 1.82) is 0 Å². The van der Waals surface area contributed by atoms with E-state index in [0.29, 0.717) is 6.42 Å². The van der Waals surface area contributed by atoms with E-state index in [2.05, 4.69) is 26.6 Å². The van der Waals surface area contributed by atoms with Gasteiger partial charge >= 0.3 is 5.97 Å². The molecular formula is C30H51N5O8. The van der Waals surface area contributed by atoms with Crippen LogP contribution >= 0.6 is 0 Å². The van der Waals surface area contributed by atoms with Crippen molar-refractivity contribution in [3.63, 3.8) is 0 Å². The van der Waals surface area contributed by atoms with Crippen LogP contribution in [-0.4, -0.2) is 84.0 Å². The van der Waals surface area contributed by atoms with Crippen molar-refractivity contribution in [1.82, 2.24) is 26.6 Å². The van der Waals surface area contributed by atoms with Crippen LogP contribution in [0.15, 0.2) is 12.2 Å². The molecule has 0 aromatic rings. The molecule has 6 N–H and O–H groups in total. The van der Waals surface area contributed by atoms with Gasteiger partial charge in [0.1, 0.15) is 24.2 Å². The monoisotopic (exact) mass is 609 g/mol. The van der Waals surface area contributed by atoms with E-state index < -0.39 is 72.3 Å². The Labute approximate surface area is 254 Å². The van der Waals surface area contributed by atoms with E-state index >= 15 is 0 Å². The lowest BCUT2D eigenvalue weighted by molar-refractivity contribution is -0.137. The van der Waals surface area contributed by atoms with E-state index in [-0.39, 0.29) is 50.0 Å². The minimum absolute atomic E-state index is 0.0134. The lowest BCUT2D eigenvalue weighted by Crippen LogP contribution is -2.62. The molecule has 0 spiro atoms. The summed E-state index contributed by atoms with van der Waals surface area (Å²) < 4.78 is 4.90. The van der Waals surface area contributed by atoms with Crippen LogP contribution in [0.2, 0.25) is 0 Å². The Morgan fingerprint density at radius 3 is 1.72 bits per heavy atom. The number of carbonyl (C=O) groups excluding carboxylic acids is 6. The molecular weight excluding hydrogens is 558 g/mol. The molecule has 0 unspecified atom stereocenters. The molecule has 1 heterocycles. The number of amides is 5. The second-order valence-corrected chi connectivity index (χ2v) is 12.1. The minimum atomic E-state index is -1.38. The lowest BCUT2D eigenvalue weighted by Gasteiger charge is -2.30. The second kappa shape index (κ2) is 18.9. The molecule has 43 heavy (non-hydrogen) atoms. The van der Waals surface area contributed by atoms with Crippen molar-refractivity contribution in [3.05, 3.63) is 12.2 Å². The highest BCUT2D eigenvalue weighted by molar-refractivity contribution is 5.97. The summed E-state index contributed by atoms with van der Waals surface area (Å²) in [7, 11) is 0. The average molecular weight is 610 g/mol. The first-order valence-electron chi connectivity index (χ1n) is 15.1. The molecule has 13 heteroatoms. The Hall–Kier alpha value is -3.48. The number of hydrogen-bond donors (Lipinski definition) is 6. The maximum Gasteiger partial charge on any atom is 0.330 e. The van der Waals surface area contributed by atoms with Crippen LogP contribution in [0.1, 0.15) is 80.6 Å². The fourth-order valence-electron chi connectivity index (χ4n) is 4.59. The second-order valence-electron chi connectivity index (χ2n) is 12.1.